The van der Waals surface area contributed by atoms with E-state index < -0.39 is 0 Å². The van der Waals surface area contributed by atoms with Gasteiger partial charge in [-0.3, -0.25) is 4.57 Å². The van der Waals surface area contributed by atoms with Crippen LogP contribution in [0.5, 0.6) is 0 Å². The molecule has 0 radical (unpaired) electrons. The summed E-state index contributed by atoms with van der Waals surface area (Å²) < 4.78 is 2.31. The lowest BCUT2D eigenvalue weighted by Gasteiger charge is -2.21. The first kappa shape index (κ1) is 17.7. The van der Waals surface area contributed by atoms with Gasteiger partial charge in [-0.1, -0.05) is 74.5 Å². The maximum absolute atomic E-state index is 4.70. The van der Waals surface area contributed by atoms with Crippen LogP contribution in [0.3, 0.4) is 0 Å². The number of hydrogen-bond acceptors (Lipinski definition) is 1. The third kappa shape index (κ3) is 2.17. The molecule has 2 nitrogen and oxygen atoms in total. The van der Waals surface area contributed by atoms with Gasteiger partial charge >= 0.3 is 0 Å². The van der Waals surface area contributed by atoms with Crippen LogP contribution in [0.2, 0.25) is 0 Å². The second-order valence-corrected chi connectivity index (χ2v) is 9.29. The van der Waals surface area contributed by atoms with Crippen molar-refractivity contribution in [2.75, 3.05) is 0 Å². The Morgan fingerprint density at radius 1 is 0.656 bits per heavy atom. The SMILES string of the molecule is CC1(C)c2cc3c4ccccc4n(-c4ccccn4)c3cc2-c2c1ccc1ccccc21. The smallest absolute Gasteiger partial charge is 0.137 e. The van der Waals surface area contributed by atoms with Gasteiger partial charge in [0.25, 0.3) is 0 Å². The number of aromatic nitrogens is 2. The molecule has 0 atom stereocenters. The highest BCUT2D eigenvalue weighted by atomic mass is 15.1. The molecule has 7 rings (SSSR count). The van der Waals surface area contributed by atoms with Crippen molar-refractivity contribution in [3.05, 3.63) is 108 Å². The molecule has 0 spiro atoms. The van der Waals surface area contributed by atoms with E-state index in [-0.39, 0.29) is 5.41 Å². The van der Waals surface area contributed by atoms with Gasteiger partial charge in [-0.15, -0.1) is 0 Å². The van der Waals surface area contributed by atoms with Gasteiger partial charge in [0.2, 0.25) is 0 Å². The molecule has 0 saturated carbocycles. The van der Waals surface area contributed by atoms with E-state index in [2.05, 4.69) is 103 Å². The van der Waals surface area contributed by atoms with Gasteiger partial charge in [0.05, 0.1) is 11.0 Å². The van der Waals surface area contributed by atoms with Crippen molar-refractivity contribution in [3.8, 4) is 16.9 Å². The van der Waals surface area contributed by atoms with Gasteiger partial charge < -0.3 is 0 Å². The van der Waals surface area contributed by atoms with Crippen molar-refractivity contribution in [1.29, 1.82) is 0 Å². The molecule has 152 valence electrons. The molecular weight excluding hydrogens is 388 g/mol. The Balaban J connectivity index is 1.67. The molecule has 2 aromatic heterocycles. The van der Waals surface area contributed by atoms with E-state index in [1.165, 1.54) is 54.8 Å². The summed E-state index contributed by atoms with van der Waals surface area (Å²) in [7, 11) is 0. The van der Waals surface area contributed by atoms with Gasteiger partial charge in [0, 0.05) is 22.4 Å². The summed E-state index contributed by atoms with van der Waals surface area (Å²) in [5.41, 5.74) is 7.89. The third-order valence-electron chi connectivity index (χ3n) is 7.24. The molecule has 32 heavy (non-hydrogen) atoms. The molecule has 4 aromatic carbocycles. The van der Waals surface area contributed by atoms with Crippen molar-refractivity contribution in [3.63, 3.8) is 0 Å². The molecule has 0 aliphatic heterocycles. The Morgan fingerprint density at radius 2 is 1.44 bits per heavy atom. The Hall–Kier alpha value is -3.91. The van der Waals surface area contributed by atoms with Crippen LogP contribution in [0, 0.1) is 0 Å². The predicted octanol–water partition coefficient (Wildman–Crippen LogP) is 7.64. The highest BCUT2D eigenvalue weighted by Crippen LogP contribution is 2.53. The summed E-state index contributed by atoms with van der Waals surface area (Å²) in [6, 6.07) is 33.0. The fourth-order valence-corrected chi connectivity index (χ4v) is 5.70. The maximum atomic E-state index is 4.70. The Morgan fingerprint density at radius 3 is 2.28 bits per heavy atom. The number of benzene rings is 4. The van der Waals surface area contributed by atoms with E-state index in [9.17, 15) is 0 Å². The van der Waals surface area contributed by atoms with E-state index in [0.717, 1.165) is 5.82 Å². The molecule has 0 amide bonds. The number of para-hydroxylation sites is 1. The fourth-order valence-electron chi connectivity index (χ4n) is 5.70. The average Bonchev–Trinajstić information content (AvgIpc) is 3.27. The fraction of sp³-hybridized carbons (Fsp3) is 0.100. The number of rotatable bonds is 1. The average molecular weight is 411 g/mol. The number of nitrogens with zero attached hydrogens (tertiary/aromatic N) is 2. The van der Waals surface area contributed by atoms with Gasteiger partial charge in [0.1, 0.15) is 5.82 Å². The van der Waals surface area contributed by atoms with Crippen molar-refractivity contribution in [2.24, 2.45) is 0 Å². The lowest BCUT2D eigenvalue weighted by molar-refractivity contribution is 0.661. The van der Waals surface area contributed by atoms with Crippen LogP contribution in [0.1, 0.15) is 25.0 Å². The Bertz CT molecular complexity index is 1690. The summed E-state index contributed by atoms with van der Waals surface area (Å²) in [4.78, 5) is 4.70. The number of fused-ring (bicyclic) bond motifs is 8. The molecule has 2 heterocycles. The van der Waals surface area contributed by atoms with Crippen LogP contribution < -0.4 is 0 Å². The largest absolute Gasteiger partial charge is 0.294 e. The second kappa shape index (κ2) is 6.08. The molecule has 0 N–H and O–H groups in total. The van der Waals surface area contributed by atoms with Gasteiger partial charge in [0.15, 0.2) is 0 Å². The second-order valence-electron chi connectivity index (χ2n) is 9.29. The number of hydrogen-bond donors (Lipinski definition) is 0. The molecule has 0 unspecified atom stereocenters. The normalized spacial score (nSPS) is 14.2. The van der Waals surface area contributed by atoms with Crippen LogP contribution in [-0.2, 0) is 5.41 Å². The first-order chi connectivity index (χ1) is 15.6. The molecule has 0 bridgehead atoms. The molecule has 2 heteroatoms. The van der Waals surface area contributed by atoms with E-state index in [1.807, 2.05) is 12.3 Å². The molecule has 1 aliphatic rings. The molecule has 0 saturated heterocycles. The third-order valence-corrected chi connectivity index (χ3v) is 7.24. The van der Waals surface area contributed by atoms with Crippen molar-refractivity contribution >= 4 is 32.6 Å². The quantitative estimate of drug-likeness (QED) is 0.272. The van der Waals surface area contributed by atoms with Crippen LogP contribution in [0.25, 0.3) is 49.5 Å². The number of pyridine rings is 1. The lowest BCUT2D eigenvalue weighted by Crippen LogP contribution is -2.14. The zero-order chi connectivity index (χ0) is 21.4. The topological polar surface area (TPSA) is 17.8 Å². The summed E-state index contributed by atoms with van der Waals surface area (Å²) in [5.74, 6) is 0.953. The Labute approximate surface area is 186 Å². The van der Waals surface area contributed by atoms with E-state index in [0.29, 0.717) is 0 Å². The monoisotopic (exact) mass is 410 g/mol. The molecule has 1 aliphatic carbocycles. The summed E-state index contributed by atoms with van der Waals surface area (Å²) in [5, 5.41) is 5.18. The molecule has 0 fully saturated rings. The first-order valence-electron chi connectivity index (χ1n) is 11.2. The van der Waals surface area contributed by atoms with Crippen molar-refractivity contribution in [2.45, 2.75) is 19.3 Å². The van der Waals surface area contributed by atoms with Crippen molar-refractivity contribution < 1.29 is 0 Å². The summed E-state index contributed by atoms with van der Waals surface area (Å²) >= 11 is 0. The van der Waals surface area contributed by atoms with Gasteiger partial charge in [-0.25, -0.2) is 4.98 Å². The van der Waals surface area contributed by atoms with Crippen molar-refractivity contribution in [1.82, 2.24) is 9.55 Å². The van der Waals surface area contributed by atoms with Crippen LogP contribution in [0.4, 0.5) is 0 Å². The van der Waals surface area contributed by atoms with E-state index in [4.69, 9.17) is 4.98 Å². The lowest BCUT2D eigenvalue weighted by atomic mass is 9.81. The zero-order valence-electron chi connectivity index (χ0n) is 18.1. The van der Waals surface area contributed by atoms with E-state index >= 15 is 0 Å². The first-order valence-corrected chi connectivity index (χ1v) is 11.2. The minimum atomic E-state index is -0.0446. The van der Waals surface area contributed by atoms with E-state index in [1.54, 1.807) is 0 Å². The summed E-state index contributed by atoms with van der Waals surface area (Å²) in [6.07, 6.45) is 1.87. The van der Waals surface area contributed by atoms with Gasteiger partial charge in [-0.05, 0) is 63.4 Å². The standard InChI is InChI=1S/C30H22N2/c1-30(2)24-15-14-19-9-3-4-10-20(19)29(24)23-18-27-22(17-25(23)30)21-11-5-6-12-26(21)32(27)28-13-7-8-16-31-28/h3-18H,1-2H3. The zero-order valence-corrected chi connectivity index (χ0v) is 18.1. The summed E-state index contributed by atoms with van der Waals surface area (Å²) in [6.45, 7) is 4.71. The van der Waals surface area contributed by atoms with Crippen LogP contribution in [0.15, 0.2) is 97.2 Å². The highest BCUT2D eigenvalue weighted by molar-refractivity contribution is 6.13. The van der Waals surface area contributed by atoms with Crippen LogP contribution >= 0.6 is 0 Å². The maximum Gasteiger partial charge on any atom is 0.137 e. The molecular formula is C30H22N2. The minimum Gasteiger partial charge on any atom is -0.294 e. The van der Waals surface area contributed by atoms with Crippen LogP contribution in [-0.4, -0.2) is 9.55 Å². The Kier molecular flexibility index (Phi) is 3.37. The minimum absolute atomic E-state index is 0.0446. The van der Waals surface area contributed by atoms with Gasteiger partial charge in [-0.2, -0.15) is 0 Å². The predicted molar refractivity (Wildman–Crippen MR) is 134 cm³/mol. The highest BCUT2D eigenvalue weighted by Gasteiger charge is 2.37. The molecule has 6 aromatic rings.